The van der Waals surface area contributed by atoms with E-state index >= 15 is 0 Å². The van der Waals surface area contributed by atoms with Crippen LogP contribution in [0.3, 0.4) is 0 Å². The Bertz CT molecular complexity index is 556. The second kappa shape index (κ2) is 6.95. The molecule has 0 saturated heterocycles. The topological polar surface area (TPSA) is 63.8 Å². The monoisotopic (exact) mass is 338 g/mol. The van der Waals surface area contributed by atoms with Crippen molar-refractivity contribution in [3.05, 3.63) is 28.8 Å². The predicted octanol–water partition coefficient (Wildman–Crippen LogP) is 3.07. The molecule has 6 heteroatoms. The van der Waals surface area contributed by atoms with E-state index in [9.17, 15) is 0 Å². The van der Waals surface area contributed by atoms with Crippen LogP contribution in [0.1, 0.15) is 26.7 Å². The normalized spacial score (nSPS) is 12.8. The van der Waals surface area contributed by atoms with E-state index in [1.807, 2.05) is 6.07 Å². The molecule has 5 nitrogen and oxygen atoms in total. The van der Waals surface area contributed by atoms with Crippen molar-refractivity contribution in [1.29, 1.82) is 0 Å². The first kappa shape index (κ1) is 15.1. The molecule has 0 radical (unpaired) electrons. The van der Waals surface area contributed by atoms with Crippen molar-refractivity contribution in [3.8, 4) is 11.4 Å². The Morgan fingerprint density at radius 3 is 2.80 bits per heavy atom. The van der Waals surface area contributed by atoms with Crippen molar-refractivity contribution in [2.24, 2.45) is 5.92 Å². The Kier molecular flexibility index (Phi) is 5.25. The fraction of sp³-hybridized carbons (Fsp3) is 0.500. The summed E-state index contributed by atoms with van der Waals surface area (Å²) in [5, 5.41) is 7.47. The predicted molar refractivity (Wildman–Crippen MR) is 81.2 cm³/mol. The van der Waals surface area contributed by atoms with Crippen molar-refractivity contribution in [1.82, 2.24) is 20.4 Å². The molecule has 0 fully saturated rings. The van der Waals surface area contributed by atoms with Crippen molar-refractivity contribution in [3.63, 3.8) is 0 Å². The highest BCUT2D eigenvalue weighted by atomic mass is 79.9. The maximum Gasteiger partial charge on any atom is 0.228 e. The van der Waals surface area contributed by atoms with E-state index in [0.29, 0.717) is 23.7 Å². The molecule has 20 heavy (non-hydrogen) atoms. The van der Waals surface area contributed by atoms with Gasteiger partial charge in [-0.15, -0.1) is 0 Å². The van der Waals surface area contributed by atoms with Crippen LogP contribution in [0.15, 0.2) is 27.5 Å². The van der Waals surface area contributed by atoms with E-state index < -0.39 is 0 Å². The Labute approximate surface area is 127 Å². The van der Waals surface area contributed by atoms with Gasteiger partial charge in [0, 0.05) is 34.9 Å². The van der Waals surface area contributed by atoms with E-state index in [1.165, 1.54) is 0 Å². The molecule has 0 aromatic carbocycles. The van der Waals surface area contributed by atoms with Gasteiger partial charge in [0.2, 0.25) is 11.7 Å². The van der Waals surface area contributed by atoms with Gasteiger partial charge in [-0.1, -0.05) is 25.9 Å². The first-order chi connectivity index (χ1) is 9.60. The lowest BCUT2D eigenvalue weighted by Crippen LogP contribution is -2.35. The molecule has 0 saturated carbocycles. The number of hydrogen-bond donors (Lipinski definition) is 1. The summed E-state index contributed by atoms with van der Waals surface area (Å²) in [5.74, 6) is 1.74. The van der Waals surface area contributed by atoms with Crippen molar-refractivity contribution in [2.45, 2.75) is 33.2 Å². The lowest BCUT2D eigenvalue weighted by molar-refractivity contribution is 0.329. The quantitative estimate of drug-likeness (QED) is 0.876. The molecule has 1 N–H and O–H groups in total. The third-order valence-corrected chi connectivity index (χ3v) is 3.53. The van der Waals surface area contributed by atoms with Crippen LogP contribution in [0.2, 0.25) is 0 Å². The molecule has 0 amide bonds. The number of halogens is 1. The zero-order valence-corrected chi connectivity index (χ0v) is 13.5. The molecular formula is C14H19BrN4O. The fourth-order valence-electron chi connectivity index (χ4n) is 1.98. The number of nitrogens with one attached hydrogen (secondary N) is 1. The SMILES string of the molecule is CCNC(Cc1nc(-c2cncc(Br)c2)no1)C(C)C. The molecule has 0 aliphatic rings. The Hall–Kier alpha value is -1.27. The van der Waals surface area contributed by atoms with E-state index in [0.717, 1.165) is 23.0 Å². The van der Waals surface area contributed by atoms with Gasteiger partial charge in [-0.3, -0.25) is 4.98 Å². The third-order valence-electron chi connectivity index (χ3n) is 3.10. The highest BCUT2D eigenvalue weighted by Crippen LogP contribution is 2.19. The molecule has 2 aromatic rings. The van der Waals surface area contributed by atoms with E-state index in [-0.39, 0.29) is 0 Å². The van der Waals surface area contributed by atoms with Gasteiger partial charge in [-0.2, -0.15) is 4.98 Å². The van der Waals surface area contributed by atoms with Gasteiger partial charge >= 0.3 is 0 Å². The Morgan fingerprint density at radius 2 is 2.15 bits per heavy atom. The minimum absolute atomic E-state index is 0.342. The van der Waals surface area contributed by atoms with Crippen LogP contribution >= 0.6 is 15.9 Å². The molecular weight excluding hydrogens is 320 g/mol. The number of likely N-dealkylation sites (N-methyl/N-ethyl adjacent to an activating group) is 1. The van der Waals surface area contributed by atoms with Crippen molar-refractivity contribution < 1.29 is 4.52 Å². The molecule has 108 valence electrons. The van der Waals surface area contributed by atoms with E-state index in [2.05, 4.69) is 57.1 Å². The smallest absolute Gasteiger partial charge is 0.228 e. The summed E-state index contributed by atoms with van der Waals surface area (Å²) < 4.78 is 6.24. The first-order valence-electron chi connectivity index (χ1n) is 6.77. The van der Waals surface area contributed by atoms with Gasteiger partial charge in [-0.05, 0) is 34.5 Å². The molecule has 2 aromatic heterocycles. The maximum absolute atomic E-state index is 5.34. The minimum Gasteiger partial charge on any atom is -0.339 e. The second-order valence-corrected chi connectivity index (χ2v) is 5.93. The summed E-state index contributed by atoms with van der Waals surface area (Å²) >= 11 is 3.39. The number of aromatic nitrogens is 3. The average Bonchev–Trinajstić information content (AvgIpc) is 2.87. The summed E-state index contributed by atoms with van der Waals surface area (Å²) in [5.41, 5.74) is 0.846. The molecule has 0 spiro atoms. The Morgan fingerprint density at radius 1 is 1.35 bits per heavy atom. The highest BCUT2D eigenvalue weighted by Gasteiger charge is 2.17. The lowest BCUT2D eigenvalue weighted by atomic mass is 10.0. The van der Waals surface area contributed by atoms with Crippen LogP contribution in [0.25, 0.3) is 11.4 Å². The lowest BCUT2D eigenvalue weighted by Gasteiger charge is -2.19. The zero-order chi connectivity index (χ0) is 14.5. The van der Waals surface area contributed by atoms with Gasteiger partial charge in [0.15, 0.2) is 0 Å². The number of rotatable bonds is 6. The molecule has 0 bridgehead atoms. The number of nitrogens with zero attached hydrogens (tertiary/aromatic N) is 3. The Balaban J connectivity index is 2.12. The summed E-state index contributed by atoms with van der Waals surface area (Å²) in [6.45, 7) is 7.40. The zero-order valence-electron chi connectivity index (χ0n) is 11.9. The van der Waals surface area contributed by atoms with Crippen LogP contribution in [-0.4, -0.2) is 27.7 Å². The minimum atomic E-state index is 0.342. The fourth-order valence-corrected chi connectivity index (χ4v) is 2.35. The number of hydrogen-bond acceptors (Lipinski definition) is 5. The summed E-state index contributed by atoms with van der Waals surface area (Å²) in [7, 11) is 0. The van der Waals surface area contributed by atoms with Gasteiger partial charge in [0.25, 0.3) is 0 Å². The number of pyridine rings is 1. The second-order valence-electron chi connectivity index (χ2n) is 5.02. The average molecular weight is 339 g/mol. The summed E-state index contributed by atoms with van der Waals surface area (Å²) in [6, 6.07) is 2.26. The van der Waals surface area contributed by atoms with Gasteiger partial charge in [0.1, 0.15) is 0 Å². The molecule has 2 heterocycles. The standard InChI is InChI=1S/C14H19BrN4O/c1-4-17-12(9(2)3)6-13-18-14(19-20-13)10-5-11(15)8-16-7-10/h5,7-9,12,17H,4,6H2,1-3H3. The van der Waals surface area contributed by atoms with Gasteiger partial charge in [0.05, 0.1) is 0 Å². The molecule has 1 unspecified atom stereocenters. The van der Waals surface area contributed by atoms with Crippen LogP contribution in [0.5, 0.6) is 0 Å². The van der Waals surface area contributed by atoms with E-state index in [1.54, 1.807) is 12.4 Å². The maximum atomic E-state index is 5.34. The van der Waals surface area contributed by atoms with Crippen LogP contribution in [0.4, 0.5) is 0 Å². The van der Waals surface area contributed by atoms with Crippen LogP contribution in [-0.2, 0) is 6.42 Å². The van der Waals surface area contributed by atoms with Gasteiger partial charge in [-0.25, -0.2) is 0 Å². The molecule has 0 aliphatic heterocycles. The largest absolute Gasteiger partial charge is 0.339 e. The van der Waals surface area contributed by atoms with Crippen LogP contribution in [0, 0.1) is 5.92 Å². The summed E-state index contributed by atoms with van der Waals surface area (Å²) in [4.78, 5) is 8.56. The van der Waals surface area contributed by atoms with Crippen LogP contribution < -0.4 is 5.32 Å². The highest BCUT2D eigenvalue weighted by molar-refractivity contribution is 9.10. The van der Waals surface area contributed by atoms with E-state index in [4.69, 9.17) is 4.52 Å². The third kappa shape index (κ3) is 3.86. The van der Waals surface area contributed by atoms with Crippen molar-refractivity contribution >= 4 is 15.9 Å². The summed E-state index contributed by atoms with van der Waals surface area (Å²) in [6.07, 6.45) is 4.19. The first-order valence-corrected chi connectivity index (χ1v) is 7.56. The molecule has 2 rings (SSSR count). The van der Waals surface area contributed by atoms with Crippen molar-refractivity contribution in [2.75, 3.05) is 6.54 Å². The van der Waals surface area contributed by atoms with Gasteiger partial charge < -0.3 is 9.84 Å². The molecule has 0 aliphatic carbocycles. The molecule has 1 atom stereocenters.